The Morgan fingerprint density at radius 3 is 2.25 bits per heavy atom. The molecule has 156 valence electrons. The van der Waals surface area contributed by atoms with E-state index in [9.17, 15) is 9.59 Å². The smallest absolute Gasteiger partial charge is 0.314 e. The second-order valence-corrected chi connectivity index (χ2v) is 6.78. The highest BCUT2D eigenvalue weighted by molar-refractivity contribution is 5.90. The summed E-state index contributed by atoms with van der Waals surface area (Å²) in [6.45, 7) is 5.63. The van der Waals surface area contributed by atoms with Crippen molar-refractivity contribution in [1.29, 1.82) is 0 Å². The molecule has 0 bridgehead atoms. The number of urea groups is 1. The van der Waals surface area contributed by atoms with Gasteiger partial charge in [-0.2, -0.15) is 5.10 Å². The van der Waals surface area contributed by atoms with Crippen LogP contribution in [-0.2, 0) is 11.2 Å². The molecule has 3 amide bonds. The molecule has 0 spiro atoms. The van der Waals surface area contributed by atoms with Crippen LogP contribution in [0.4, 0.5) is 10.6 Å². The third kappa shape index (κ3) is 11.0. The summed E-state index contributed by atoms with van der Waals surface area (Å²) >= 11 is 0. The van der Waals surface area contributed by atoms with Gasteiger partial charge >= 0.3 is 6.03 Å². The Bertz CT molecular complexity index is 670. The van der Waals surface area contributed by atoms with Gasteiger partial charge in [-0.25, -0.2) is 4.79 Å². The number of aryl methyl sites for hydroxylation is 1. The predicted molar refractivity (Wildman–Crippen MR) is 108 cm³/mol. The van der Waals surface area contributed by atoms with E-state index in [0.29, 0.717) is 11.6 Å². The Balaban J connectivity index is 0.000000252. The SMILES string of the molecule is C1CCCC1.CNC(=O)NC(C)C.Cc1cc(CC(=O)Nc2ccn[nH]2)on1. The van der Waals surface area contributed by atoms with E-state index in [4.69, 9.17) is 4.52 Å². The van der Waals surface area contributed by atoms with Crippen LogP contribution in [-0.4, -0.2) is 40.4 Å². The van der Waals surface area contributed by atoms with Gasteiger partial charge in [-0.05, 0) is 20.8 Å². The Hall–Kier alpha value is -2.84. The minimum Gasteiger partial charge on any atom is -0.361 e. The summed E-state index contributed by atoms with van der Waals surface area (Å²) in [5.41, 5.74) is 0.763. The topological polar surface area (TPSA) is 125 Å². The zero-order valence-electron chi connectivity index (χ0n) is 17.2. The van der Waals surface area contributed by atoms with Crippen LogP contribution in [0, 0.1) is 6.92 Å². The number of rotatable bonds is 4. The highest BCUT2D eigenvalue weighted by Crippen LogP contribution is 2.15. The molecule has 2 aromatic heterocycles. The lowest BCUT2D eigenvalue weighted by molar-refractivity contribution is -0.115. The predicted octanol–water partition coefficient (Wildman–Crippen LogP) is 3.16. The fourth-order valence-electron chi connectivity index (χ4n) is 2.40. The Morgan fingerprint density at radius 2 is 1.86 bits per heavy atom. The summed E-state index contributed by atoms with van der Waals surface area (Å²) in [7, 11) is 1.59. The standard InChI is InChI=1S/C9H10N4O2.C5H12N2O.C5H10/c1-6-4-7(15-13-6)5-9(14)11-8-2-3-10-12-8;1-4(2)7-5(8)6-3;1-2-4-5-3-1/h2-4H,5H2,1H3,(H2,10,11,12,14);4H,1-3H3,(H2,6,7,8);1-5H2. The molecule has 0 atom stereocenters. The van der Waals surface area contributed by atoms with E-state index in [1.54, 1.807) is 32.3 Å². The molecular formula is C19H32N6O3. The van der Waals surface area contributed by atoms with Gasteiger partial charge in [0.2, 0.25) is 5.91 Å². The fourth-order valence-corrected chi connectivity index (χ4v) is 2.40. The molecule has 1 aliphatic rings. The van der Waals surface area contributed by atoms with E-state index in [0.717, 1.165) is 5.69 Å². The summed E-state index contributed by atoms with van der Waals surface area (Å²) in [6, 6.07) is 3.49. The van der Waals surface area contributed by atoms with Crippen LogP contribution >= 0.6 is 0 Å². The minimum absolute atomic E-state index is 0.125. The van der Waals surface area contributed by atoms with Gasteiger partial charge in [-0.3, -0.25) is 9.89 Å². The highest BCUT2D eigenvalue weighted by atomic mass is 16.5. The second-order valence-electron chi connectivity index (χ2n) is 6.78. The number of carbonyl (C=O) groups excluding carboxylic acids is 2. The van der Waals surface area contributed by atoms with Crippen molar-refractivity contribution in [2.24, 2.45) is 0 Å². The molecule has 1 fully saturated rings. The maximum atomic E-state index is 11.4. The number of nitrogens with zero attached hydrogens (tertiary/aromatic N) is 2. The second kappa shape index (κ2) is 13.3. The molecule has 2 aromatic rings. The van der Waals surface area contributed by atoms with Crippen LogP contribution in [0.1, 0.15) is 57.4 Å². The minimum atomic E-state index is -0.171. The number of carbonyl (C=O) groups is 2. The first-order valence-electron chi connectivity index (χ1n) is 9.60. The molecule has 2 heterocycles. The van der Waals surface area contributed by atoms with Crippen molar-refractivity contribution >= 4 is 17.8 Å². The van der Waals surface area contributed by atoms with E-state index in [2.05, 4.69) is 31.3 Å². The summed E-state index contributed by atoms with van der Waals surface area (Å²) in [5, 5.41) is 17.8. The maximum absolute atomic E-state index is 11.4. The quantitative estimate of drug-likeness (QED) is 0.636. The number of aromatic amines is 1. The number of anilines is 1. The van der Waals surface area contributed by atoms with E-state index < -0.39 is 0 Å². The van der Waals surface area contributed by atoms with Crippen molar-refractivity contribution in [1.82, 2.24) is 26.0 Å². The van der Waals surface area contributed by atoms with Gasteiger partial charge in [-0.1, -0.05) is 37.3 Å². The summed E-state index contributed by atoms with van der Waals surface area (Å²) < 4.78 is 4.92. The zero-order valence-corrected chi connectivity index (χ0v) is 17.2. The molecule has 0 saturated heterocycles. The first-order valence-corrected chi connectivity index (χ1v) is 9.60. The molecule has 0 unspecified atom stereocenters. The Morgan fingerprint density at radius 1 is 1.21 bits per heavy atom. The number of amides is 3. The number of hydrogen-bond donors (Lipinski definition) is 4. The monoisotopic (exact) mass is 392 g/mol. The van der Waals surface area contributed by atoms with Crippen molar-refractivity contribution in [3.8, 4) is 0 Å². The molecule has 28 heavy (non-hydrogen) atoms. The summed E-state index contributed by atoms with van der Waals surface area (Å²) in [5.74, 6) is 0.941. The lowest BCUT2D eigenvalue weighted by Crippen LogP contribution is -2.37. The summed E-state index contributed by atoms with van der Waals surface area (Å²) in [4.78, 5) is 21.8. The average molecular weight is 393 g/mol. The fraction of sp³-hybridized carbons (Fsp3) is 0.579. The number of hydrogen-bond acceptors (Lipinski definition) is 5. The third-order valence-electron chi connectivity index (χ3n) is 3.68. The molecule has 0 aromatic carbocycles. The van der Waals surface area contributed by atoms with Crippen molar-refractivity contribution in [2.45, 2.75) is 65.3 Å². The van der Waals surface area contributed by atoms with Crippen LogP contribution in [0.3, 0.4) is 0 Å². The normalized spacial score (nSPS) is 12.3. The Labute approximate surface area is 166 Å². The van der Waals surface area contributed by atoms with Crippen LogP contribution in [0.2, 0.25) is 0 Å². The van der Waals surface area contributed by atoms with Gasteiger partial charge in [0.1, 0.15) is 11.6 Å². The van der Waals surface area contributed by atoms with Gasteiger partial charge in [0.05, 0.1) is 18.3 Å². The molecule has 9 heteroatoms. The van der Waals surface area contributed by atoms with Crippen molar-refractivity contribution in [3.63, 3.8) is 0 Å². The van der Waals surface area contributed by atoms with Gasteiger partial charge < -0.3 is 20.5 Å². The molecule has 4 N–H and O–H groups in total. The third-order valence-corrected chi connectivity index (χ3v) is 3.68. The molecule has 3 rings (SSSR count). The number of H-pyrrole nitrogens is 1. The van der Waals surface area contributed by atoms with Crippen LogP contribution < -0.4 is 16.0 Å². The van der Waals surface area contributed by atoms with Crippen LogP contribution in [0.15, 0.2) is 22.9 Å². The lowest BCUT2D eigenvalue weighted by atomic mass is 10.3. The van der Waals surface area contributed by atoms with Crippen molar-refractivity contribution < 1.29 is 14.1 Å². The van der Waals surface area contributed by atoms with Gasteiger partial charge in [-0.15, -0.1) is 0 Å². The zero-order chi connectivity index (χ0) is 20.8. The first-order chi connectivity index (χ1) is 13.4. The van der Waals surface area contributed by atoms with E-state index in [-0.39, 0.29) is 24.4 Å². The van der Waals surface area contributed by atoms with Crippen LogP contribution in [0.25, 0.3) is 0 Å². The maximum Gasteiger partial charge on any atom is 0.314 e. The van der Waals surface area contributed by atoms with Gasteiger partial charge in [0.15, 0.2) is 0 Å². The Kier molecular flexibility index (Phi) is 11.1. The molecule has 0 aliphatic heterocycles. The molecule has 1 aliphatic carbocycles. The highest BCUT2D eigenvalue weighted by Gasteiger charge is 2.08. The molecule has 0 radical (unpaired) electrons. The number of aromatic nitrogens is 3. The van der Waals surface area contributed by atoms with Crippen molar-refractivity contribution in [2.75, 3.05) is 12.4 Å². The largest absolute Gasteiger partial charge is 0.361 e. The van der Waals surface area contributed by atoms with Crippen LogP contribution in [0.5, 0.6) is 0 Å². The average Bonchev–Trinajstić information content (AvgIpc) is 3.39. The van der Waals surface area contributed by atoms with Gasteiger partial charge in [0.25, 0.3) is 0 Å². The van der Waals surface area contributed by atoms with E-state index >= 15 is 0 Å². The van der Waals surface area contributed by atoms with Gasteiger partial charge in [0, 0.05) is 25.2 Å². The van der Waals surface area contributed by atoms with Crippen molar-refractivity contribution in [3.05, 3.63) is 29.8 Å². The summed E-state index contributed by atoms with van der Waals surface area (Å²) in [6.07, 6.45) is 9.23. The molecule has 1 saturated carbocycles. The van der Waals surface area contributed by atoms with E-state index in [1.165, 1.54) is 32.1 Å². The first kappa shape index (κ1) is 23.2. The molecule has 9 nitrogen and oxygen atoms in total. The molecular weight excluding hydrogens is 360 g/mol. The van der Waals surface area contributed by atoms with E-state index in [1.807, 2.05) is 13.8 Å². The lowest BCUT2D eigenvalue weighted by Gasteiger charge is -2.05. The number of nitrogens with one attached hydrogen (secondary N) is 4.